The number of amides is 1. The maximum absolute atomic E-state index is 11.7. The molecule has 9 nitrogen and oxygen atoms in total. The van der Waals surface area contributed by atoms with Crippen LogP contribution < -0.4 is 17.2 Å². The van der Waals surface area contributed by atoms with Gasteiger partial charge < -0.3 is 26.3 Å². The van der Waals surface area contributed by atoms with Crippen LogP contribution in [0.2, 0.25) is 0 Å². The Balaban J connectivity index is 1.58. The molecule has 2 aromatic heterocycles. The van der Waals surface area contributed by atoms with E-state index in [2.05, 4.69) is 9.97 Å². The summed E-state index contributed by atoms with van der Waals surface area (Å²) in [6.07, 6.45) is 3.93. The van der Waals surface area contributed by atoms with Crippen molar-refractivity contribution in [2.45, 2.75) is 26.9 Å². The Bertz CT molecular complexity index is 1380. The zero-order chi connectivity index (χ0) is 22.3. The Kier molecular flexibility index (Phi) is 4.94. The lowest BCUT2D eigenvalue weighted by molar-refractivity contribution is 0.0996. The Morgan fingerprint density at radius 3 is 2.23 bits per heavy atom. The average Bonchev–Trinajstić information content (AvgIpc) is 3.20. The van der Waals surface area contributed by atoms with Crippen LogP contribution in [0.5, 0.6) is 0 Å². The van der Waals surface area contributed by atoms with Crippen LogP contribution in [0.15, 0.2) is 42.5 Å². The molecule has 1 amide bonds. The van der Waals surface area contributed by atoms with Crippen LogP contribution in [-0.2, 0) is 13.1 Å². The number of Topliss-reactive ketones (excluding diaryl/α,β-unsaturated/α-hetero) is 1. The zero-order valence-corrected chi connectivity index (χ0v) is 17.3. The van der Waals surface area contributed by atoms with Crippen LogP contribution in [-0.4, -0.2) is 30.8 Å². The molecule has 0 unspecified atom stereocenters. The molecule has 9 heteroatoms. The van der Waals surface area contributed by atoms with E-state index >= 15 is 0 Å². The smallest absolute Gasteiger partial charge is 0.248 e. The van der Waals surface area contributed by atoms with E-state index in [1.807, 2.05) is 34.3 Å². The summed E-state index contributed by atoms with van der Waals surface area (Å²) < 4.78 is 3.75. The van der Waals surface area contributed by atoms with Crippen molar-refractivity contribution in [2.75, 3.05) is 11.5 Å². The average molecular weight is 417 g/mol. The van der Waals surface area contributed by atoms with Crippen molar-refractivity contribution in [1.82, 2.24) is 19.1 Å². The van der Waals surface area contributed by atoms with Gasteiger partial charge in [-0.2, -0.15) is 0 Å². The summed E-state index contributed by atoms with van der Waals surface area (Å²) >= 11 is 0. The van der Waals surface area contributed by atoms with Gasteiger partial charge in [0.1, 0.15) is 0 Å². The van der Waals surface area contributed by atoms with Gasteiger partial charge >= 0.3 is 0 Å². The lowest BCUT2D eigenvalue weighted by atomic mass is 10.1. The highest BCUT2D eigenvalue weighted by molar-refractivity contribution is 5.98. The Morgan fingerprint density at radius 1 is 0.935 bits per heavy atom. The minimum atomic E-state index is -0.509. The molecule has 0 atom stereocenters. The number of carbonyl (C=O) groups is 2. The fourth-order valence-electron chi connectivity index (χ4n) is 3.74. The SMILES string of the molecule is CC(=O)c1cc(C)c2c(c1)nc(N)n2C/C=C/Cn1c(N)nc2cc(C(N)=O)ccc21. The van der Waals surface area contributed by atoms with Crippen LogP contribution in [0.25, 0.3) is 22.1 Å². The first kappa shape index (κ1) is 20.1. The molecule has 0 spiro atoms. The molecule has 4 rings (SSSR count). The fourth-order valence-corrected chi connectivity index (χ4v) is 3.74. The highest BCUT2D eigenvalue weighted by atomic mass is 16.1. The predicted molar refractivity (Wildman–Crippen MR) is 121 cm³/mol. The normalized spacial score (nSPS) is 11.7. The van der Waals surface area contributed by atoms with E-state index in [1.54, 1.807) is 24.3 Å². The van der Waals surface area contributed by atoms with Crippen molar-refractivity contribution >= 4 is 45.7 Å². The number of allylic oxidation sites excluding steroid dienone is 2. The number of aryl methyl sites for hydroxylation is 1. The van der Waals surface area contributed by atoms with E-state index in [1.165, 1.54) is 6.92 Å². The molecule has 2 heterocycles. The lowest BCUT2D eigenvalue weighted by Gasteiger charge is -2.07. The summed E-state index contributed by atoms with van der Waals surface area (Å²) in [5, 5.41) is 0. The van der Waals surface area contributed by atoms with Crippen LogP contribution in [0, 0.1) is 6.92 Å². The van der Waals surface area contributed by atoms with Gasteiger partial charge in [0.15, 0.2) is 5.78 Å². The molecule has 31 heavy (non-hydrogen) atoms. The molecule has 0 saturated heterocycles. The number of benzene rings is 2. The number of fused-ring (bicyclic) bond motifs is 2. The number of primary amides is 1. The monoisotopic (exact) mass is 417 g/mol. The summed E-state index contributed by atoms with van der Waals surface area (Å²) in [5.74, 6) is 0.216. The van der Waals surface area contributed by atoms with Gasteiger partial charge in [-0.25, -0.2) is 9.97 Å². The van der Waals surface area contributed by atoms with Gasteiger partial charge in [-0.3, -0.25) is 9.59 Å². The van der Waals surface area contributed by atoms with Gasteiger partial charge in [-0.1, -0.05) is 12.2 Å². The van der Waals surface area contributed by atoms with E-state index < -0.39 is 5.91 Å². The molecule has 6 N–H and O–H groups in total. The van der Waals surface area contributed by atoms with Crippen LogP contribution in [0.3, 0.4) is 0 Å². The van der Waals surface area contributed by atoms with Gasteiger partial charge in [0.25, 0.3) is 0 Å². The van der Waals surface area contributed by atoms with Gasteiger partial charge in [0.05, 0.1) is 22.1 Å². The topological polar surface area (TPSA) is 148 Å². The maximum atomic E-state index is 11.7. The zero-order valence-electron chi connectivity index (χ0n) is 17.3. The van der Waals surface area contributed by atoms with Crippen molar-refractivity contribution in [3.63, 3.8) is 0 Å². The third-order valence-corrected chi connectivity index (χ3v) is 5.27. The van der Waals surface area contributed by atoms with Gasteiger partial charge in [0.2, 0.25) is 17.8 Å². The summed E-state index contributed by atoms with van der Waals surface area (Å²) in [6, 6.07) is 8.68. The standard InChI is InChI=1S/C22H23N7O2/c1-12-9-15(13(2)30)11-17-19(12)29(22(25)27-17)8-4-3-7-28-18-6-5-14(20(23)31)10-16(18)26-21(28)24/h3-6,9-11H,7-8H2,1-2H3,(H2,23,31)(H2,24,26)(H2,25,27)/b4-3+. The molecule has 0 aliphatic heterocycles. The number of rotatable bonds is 6. The second-order valence-corrected chi connectivity index (χ2v) is 7.42. The number of aromatic nitrogens is 4. The molecular weight excluding hydrogens is 394 g/mol. The third-order valence-electron chi connectivity index (χ3n) is 5.27. The predicted octanol–water partition coefficient (Wildman–Crippen LogP) is 2.42. The molecule has 0 saturated carbocycles. The van der Waals surface area contributed by atoms with Crippen molar-refractivity contribution < 1.29 is 9.59 Å². The maximum Gasteiger partial charge on any atom is 0.248 e. The Morgan fingerprint density at radius 2 is 1.55 bits per heavy atom. The third kappa shape index (κ3) is 3.61. The minimum Gasteiger partial charge on any atom is -0.369 e. The van der Waals surface area contributed by atoms with E-state index in [0.29, 0.717) is 47.1 Å². The van der Waals surface area contributed by atoms with E-state index in [0.717, 1.165) is 16.6 Å². The van der Waals surface area contributed by atoms with E-state index in [-0.39, 0.29) is 5.78 Å². The number of ketones is 1. The number of nitrogen functional groups attached to an aromatic ring is 2. The van der Waals surface area contributed by atoms with Gasteiger partial charge in [-0.15, -0.1) is 0 Å². The quantitative estimate of drug-likeness (QED) is 0.324. The van der Waals surface area contributed by atoms with Crippen molar-refractivity contribution in [3.05, 3.63) is 59.2 Å². The first-order valence-electron chi connectivity index (χ1n) is 9.74. The number of anilines is 2. The first-order chi connectivity index (χ1) is 14.8. The van der Waals surface area contributed by atoms with Crippen molar-refractivity contribution in [2.24, 2.45) is 5.73 Å². The molecule has 0 aliphatic rings. The van der Waals surface area contributed by atoms with Gasteiger partial charge in [0, 0.05) is 24.2 Å². The fraction of sp³-hybridized carbons (Fsp3) is 0.182. The molecule has 0 bridgehead atoms. The molecular formula is C22H23N7O2. The summed E-state index contributed by atoms with van der Waals surface area (Å²) in [4.78, 5) is 31.8. The number of nitrogens with zero attached hydrogens (tertiary/aromatic N) is 4. The van der Waals surface area contributed by atoms with Gasteiger partial charge in [-0.05, 0) is 49.7 Å². The summed E-state index contributed by atoms with van der Waals surface area (Å²) in [5.41, 5.74) is 22.5. The number of imidazole rings is 2. The molecule has 0 radical (unpaired) electrons. The Hall–Kier alpha value is -4.14. The summed E-state index contributed by atoms with van der Waals surface area (Å²) in [6.45, 7) is 4.48. The Labute approximate surface area is 178 Å². The van der Waals surface area contributed by atoms with Crippen LogP contribution >= 0.6 is 0 Å². The molecule has 4 aromatic rings. The summed E-state index contributed by atoms with van der Waals surface area (Å²) in [7, 11) is 0. The van der Waals surface area contributed by atoms with Crippen molar-refractivity contribution in [1.29, 1.82) is 0 Å². The first-order valence-corrected chi connectivity index (χ1v) is 9.74. The van der Waals surface area contributed by atoms with E-state index in [4.69, 9.17) is 17.2 Å². The number of hydrogen-bond acceptors (Lipinski definition) is 6. The second kappa shape index (κ2) is 7.60. The molecule has 2 aromatic carbocycles. The molecule has 0 fully saturated rings. The van der Waals surface area contributed by atoms with E-state index in [9.17, 15) is 9.59 Å². The highest BCUT2D eigenvalue weighted by Gasteiger charge is 2.13. The molecule has 0 aliphatic carbocycles. The highest BCUT2D eigenvalue weighted by Crippen LogP contribution is 2.24. The number of hydrogen-bond donors (Lipinski definition) is 3. The van der Waals surface area contributed by atoms with Crippen LogP contribution in [0.4, 0.5) is 11.9 Å². The minimum absolute atomic E-state index is 0.00823. The lowest BCUT2D eigenvalue weighted by Crippen LogP contribution is -2.10. The number of carbonyl (C=O) groups excluding carboxylic acids is 2. The van der Waals surface area contributed by atoms with Crippen molar-refractivity contribution in [3.8, 4) is 0 Å². The second-order valence-electron chi connectivity index (χ2n) is 7.42. The molecule has 158 valence electrons. The largest absolute Gasteiger partial charge is 0.369 e. The van der Waals surface area contributed by atoms with Crippen LogP contribution in [0.1, 0.15) is 33.2 Å². The number of nitrogens with two attached hydrogens (primary N) is 3.